The van der Waals surface area contributed by atoms with Gasteiger partial charge in [0, 0.05) is 32.4 Å². The predicted octanol–water partition coefficient (Wildman–Crippen LogP) is 11.8. The molecule has 0 saturated heterocycles. The minimum atomic E-state index is 0.949. The molecular formula is C40H36N2S2. The molecule has 0 atom stereocenters. The second-order valence-electron chi connectivity index (χ2n) is 11.0. The standard InChI is InChI=1S/C40H36N2S2/c1-3-33-34-19-11-13-21-36(34)43-37(33)27-25-29-23-24-30(26-28-39-41(4-2)35-20-12-14-22-38(35)44-39)40(29)42(31-15-7-5-8-16-31)32-17-9-6-10-18-32/h5-22,25-28H,3-4,23-24H2,1-2H3/b27-25+,30-26+,39-28+. The first-order chi connectivity index (χ1) is 21.7. The van der Waals surface area contributed by atoms with Crippen molar-refractivity contribution in [2.45, 2.75) is 38.0 Å². The van der Waals surface area contributed by atoms with Crippen molar-refractivity contribution in [2.24, 2.45) is 0 Å². The zero-order valence-corrected chi connectivity index (χ0v) is 26.9. The van der Waals surface area contributed by atoms with E-state index in [0.717, 1.165) is 25.8 Å². The summed E-state index contributed by atoms with van der Waals surface area (Å²) in [6, 6.07) is 39.2. The van der Waals surface area contributed by atoms with E-state index < -0.39 is 0 Å². The van der Waals surface area contributed by atoms with Gasteiger partial charge in [0.25, 0.3) is 0 Å². The Morgan fingerprint density at radius 2 is 1.41 bits per heavy atom. The molecular weight excluding hydrogens is 573 g/mol. The van der Waals surface area contributed by atoms with E-state index in [-0.39, 0.29) is 0 Å². The molecule has 0 bridgehead atoms. The van der Waals surface area contributed by atoms with Crippen molar-refractivity contribution in [3.63, 3.8) is 0 Å². The normalized spacial score (nSPS) is 16.6. The highest BCUT2D eigenvalue weighted by Gasteiger charge is 2.27. The van der Waals surface area contributed by atoms with Gasteiger partial charge in [-0.15, -0.1) is 11.3 Å². The molecule has 4 aromatic carbocycles. The summed E-state index contributed by atoms with van der Waals surface area (Å²) >= 11 is 3.77. The molecule has 0 amide bonds. The zero-order chi connectivity index (χ0) is 29.9. The van der Waals surface area contributed by atoms with Crippen LogP contribution in [0.1, 0.15) is 37.1 Å². The SMILES string of the molecule is CCc1c(/C=C/C2=C(N(c3ccccc3)c3ccccc3)C(=C/C=C3/Sc4ccccc4N3CC)/CC2)sc2ccccc12. The number of thiophene rings is 1. The number of para-hydroxylation sites is 3. The van der Waals surface area contributed by atoms with Crippen LogP contribution >= 0.6 is 23.1 Å². The van der Waals surface area contributed by atoms with Crippen molar-refractivity contribution in [3.8, 4) is 0 Å². The highest BCUT2D eigenvalue weighted by atomic mass is 32.2. The Morgan fingerprint density at radius 1 is 0.727 bits per heavy atom. The van der Waals surface area contributed by atoms with Gasteiger partial charge in [-0.3, -0.25) is 0 Å². The second-order valence-corrected chi connectivity index (χ2v) is 13.2. The highest BCUT2D eigenvalue weighted by Crippen LogP contribution is 2.47. The summed E-state index contributed by atoms with van der Waals surface area (Å²) in [6.07, 6.45) is 12.5. The van der Waals surface area contributed by atoms with Gasteiger partial charge < -0.3 is 9.80 Å². The number of allylic oxidation sites excluding steroid dienone is 5. The van der Waals surface area contributed by atoms with Crippen LogP contribution in [0.4, 0.5) is 17.1 Å². The summed E-state index contributed by atoms with van der Waals surface area (Å²) in [7, 11) is 0. The van der Waals surface area contributed by atoms with Crippen molar-refractivity contribution in [1.29, 1.82) is 0 Å². The van der Waals surface area contributed by atoms with E-state index in [1.54, 1.807) is 0 Å². The van der Waals surface area contributed by atoms with Gasteiger partial charge in [-0.2, -0.15) is 0 Å². The summed E-state index contributed by atoms with van der Waals surface area (Å²) in [5.41, 5.74) is 9.13. The lowest BCUT2D eigenvalue weighted by Gasteiger charge is -2.28. The van der Waals surface area contributed by atoms with Crippen molar-refractivity contribution in [1.82, 2.24) is 0 Å². The van der Waals surface area contributed by atoms with Gasteiger partial charge in [-0.25, -0.2) is 0 Å². The smallest absolute Gasteiger partial charge is 0.0801 e. The number of nitrogens with zero attached hydrogens (tertiary/aromatic N) is 2. The van der Waals surface area contributed by atoms with Gasteiger partial charge in [-0.1, -0.05) is 97.6 Å². The third kappa shape index (κ3) is 5.45. The van der Waals surface area contributed by atoms with E-state index in [0.29, 0.717) is 0 Å². The number of aryl methyl sites for hydroxylation is 1. The van der Waals surface area contributed by atoms with E-state index in [2.05, 4.69) is 157 Å². The molecule has 7 rings (SSSR count). The van der Waals surface area contributed by atoms with Crippen molar-refractivity contribution >= 4 is 56.3 Å². The molecule has 2 heterocycles. The van der Waals surface area contributed by atoms with E-state index >= 15 is 0 Å². The number of anilines is 3. The van der Waals surface area contributed by atoms with Crippen LogP contribution < -0.4 is 9.80 Å². The summed E-state index contributed by atoms with van der Waals surface area (Å²) in [4.78, 5) is 7.58. The van der Waals surface area contributed by atoms with Crippen LogP contribution in [0.3, 0.4) is 0 Å². The number of rotatable bonds is 8. The van der Waals surface area contributed by atoms with Crippen LogP contribution in [0, 0.1) is 0 Å². The third-order valence-electron chi connectivity index (χ3n) is 8.42. The summed E-state index contributed by atoms with van der Waals surface area (Å²) < 4.78 is 1.36. The molecule has 2 aliphatic rings. The van der Waals surface area contributed by atoms with Gasteiger partial charge in [0.2, 0.25) is 0 Å². The number of benzene rings is 4. The quantitative estimate of drug-likeness (QED) is 0.173. The largest absolute Gasteiger partial charge is 0.335 e. The maximum absolute atomic E-state index is 2.46. The maximum atomic E-state index is 2.46. The molecule has 0 fully saturated rings. The van der Waals surface area contributed by atoms with Crippen LogP contribution in [0.2, 0.25) is 0 Å². The van der Waals surface area contributed by atoms with E-state index in [4.69, 9.17) is 0 Å². The Kier molecular flexibility index (Phi) is 8.28. The van der Waals surface area contributed by atoms with Crippen LogP contribution in [-0.4, -0.2) is 6.54 Å². The average Bonchev–Trinajstić information content (AvgIpc) is 3.76. The van der Waals surface area contributed by atoms with E-state index in [9.17, 15) is 0 Å². The van der Waals surface area contributed by atoms with Gasteiger partial charge in [0.1, 0.15) is 0 Å². The number of hydrogen-bond acceptors (Lipinski definition) is 4. The first-order valence-corrected chi connectivity index (χ1v) is 17.2. The lowest BCUT2D eigenvalue weighted by Crippen LogP contribution is -2.18. The third-order valence-corrected chi connectivity index (χ3v) is 10.7. The molecule has 0 N–H and O–H groups in total. The fraction of sp³-hybridized carbons (Fsp3) is 0.150. The Labute approximate surface area is 269 Å². The molecule has 218 valence electrons. The minimum Gasteiger partial charge on any atom is -0.335 e. The molecule has 2 nitrogen and oxygen atoms in total. The number of fused-ring (bicyclic) bond motifs is 2. The molecule has 5 aromatic rings. The predicted molar refractivity (Wildman–Crippen MR) is 193 cm³/mol. The lowest BCUT2D eigenvalue weighted by atomic mass is 10.1. The van der Waals surface area contributed by atoms with Crippen LogP contribution in [-0.2, 0) is 6.42 Å². The first kappa shape index (κ1) is 28.5. The number of hydrogen-bond donors (Lipinski definition) is 0. The molecule has 0 radical (unpaired) electrons. The van der Waals surface area contributed by atoms with Crippen molar-refractivity contribution in [3.05, 3.63) is 160 Å². The zero-order valence-electron chi connectivity index (χ0n) is 25.2. The first-order valence-electron chi connectivity index (χ1n) is 15.5. The van der Waals surface area contributed by atoms with Gasteiger partial charge in [-0.05, 0) is 103 Å². The fourth-order valence-electron chi connectivity index (χ4n) is 6.35. The molecule has 1 aliphatic carbocycles. The minimum absolute atomic E-state index is 0.949. The molecule has 1 aliphatic heterocycles. The van der Waals surface area contributed by atoms with Gasteiger partial charge >= 0.3 is 0 Å². The summed E-state index contributed by atoms with van der Waals surface area (Å²) in [6.45, 7) is 5.45. The van der Waals surface area contributed by atoms with E-state index in [1.165, 1.54) is 64.4 Å². The molecule has 0 spiro atoms. The molecule has 1 aromatic heterocycles. The Bertz CT molecular complexity index is 1870. The van der Waals surface area contributed by atoms with Gasteiger partial charge in [0.15, 0.2) is 0 Å². The topological polar surface area (TPSA) is 6.48 Å². The van der Waals surface area contributed by atoms with Crippen LogP contribution in [0.25, 0.3) is 16.2 Å². The average molecular weight is 609 g/mol. The molecule has 0 unspecified atom stereocenters. The maximum Gasteiger partial charge on any atom is 0.0801 e. The second kappa shape index (κ2) is 12.8. The van der Waals surface area contributed by atoms with Crippen LogP contribution in [0.15, 0.2) is 154 Å². The molecule has 0 saturated carbocycles. The monoisotopic (exact) mass is 608 g/mol. The highest BCUT2D eigenvalue weighted by molar-refractivity contribution is 8.03. The molecule has 44 heavy (non-hydrogen) atoms. The Hall–Kier alpha value is -4.25. The van der Waals surface area contributed by atoms with E-state index in [1.807, 2.05) is 23.1 Å². The van der Waals surface area contributed by atoms with Gasteiger partial charge in [0.05, 0.1) is 16.4 Å². The van der Waals surface area contributed by atoms with Crippen molar-refractivity contribution < 1.29 is 0 Å². The van der Waals surface area contributed by atoms with Crippen molar-refractivity contribution in [2.75, 3.05) is 16.3 Å². The Morgan fingerprint density at radius 3 is 2.14 bits per heavy atom. The summed E-state index contributed by atoms with van der Waals surface area (Å²) in [5.74, 6) is 0. The fourth-order valence-corrected chi connectivity index (χ4v) is 8.68. The lowest BCUT2D eigenvalue weighted by molar-refractivity contribution is 1.000. The van der Waals surface area contributed by atoms with Crippen LogP contribution in [0.5, 0.6) is 0 Å². The number of thioether (sulfide) groups is 1. The summed E-state index contributed by atoms with van der Waals surface area (Å²) in [5, 5.41) is 2.67. The molecule has 4 heteroatoms. The Balaban J connectivity index is 1.36.